The zero-order valence-corrected chi connectivity index (χ0v) is 12.4. The number of nitrogens with one attached hydrogen (secondary N) is 1. The highest BCUT2D eigenvalue weighted by molar-refractivity contribution is 7.89. The molecule has 0 saturated carbocycles. The van der Waals surface area contributed by atoms with E-state index in [0.717, 1.165) is 25.9 Å². The van der Waals surface area contributed by atoms with Gasteiger partial charge in [0.25, 0.3) is 0 Å². The molecule has 0 amide bonds. The molecule has 7 heteroatoms. The number of likely N-dealkylation sites (tertiary alicyclic amines) is 1. The first-order valence-corrected chi connectivity index (χ1v) is 8.13. The van der Waals surface area contributed by atoms with Gasteiger partial charge in [-0.05, 0) is 44.5 Å². The zero-order chi connectivity index (χ0) is 13.9. The maximum absolute atomic E-state index is 12.1. The van der Waals surface area contributed by atoms with Crippen LogP contribution in [0, 0.1) is 5.92 Å². The minimum absolute atomic E-state index is 0.154. The largest absolute Gasteiger partial charge is 0.306 e. The van der Waals surface area contributed by atoms with Gasteiger partial charge in [-0.3, -0.25) is 0 Å². The van der Waals surface area contributed by atoms with Gasteiger partial charge in [0.05, 0.1) is 0 Å². The van der Waals surface area contributed by atoms with E-state index >= 15 is 0 Å². The molecule has 1 aromatic rings. The molecule has 1 atom stereocenters. The molecule has 5 nitrogen and oxygen atoms in total. The highest BCUT2D eigenvalue weighted by Crippen LogP contribution is 2.16. The molecule has 1 fully saturated rings. The SMILES string of the molecule is CN1CCCC(CNS(=O)(=O)c2ccc(Cl)nc2)C1. The van der Waals surface area contributed by atoms with Crippen LogP contribution < -0.4 is 4.72 Å². The second-order valence-corrected chi connectivity index (χ2v) is 7.09. The molecule has 1 N–H and O–H groups in total. The number of nitrogens with zero attached hydrogens (tertiary/aromatic N) is 2. The van der Waals surface area contributed by atoms with Crippen molar-refractivity contribution in [3.05, 3.63) is 23.5 Å². The van der Waals surface area contributed by atoms with Crippen molar-refractivity contribution in [2.24, 2.45) is 5.92 Å². The molecular formula is C12H18ClN3O2S. The molecule has 0 spiro atoms. The molecule has 0 bridgehead atoms. The topological polar surface area (TPSA) is 62.3 Å². The number of rotatable bonds is 4. The summed E-state index contributed by atoms with van der Waals surface area (Å²) in [4.78, 5) is 6.17. The van der Waals surface area contributed by atoms with Gasteiger partial charge in [-0.1, -0.05) is 11.6 Å². The summed E-state index contributed by atoms with van der Waals surface area (Å²) in [7, 11) is -1.42. The Morgan fingerprint density at radius 3 is 2.95 bits per heavy atom. The third-order valence-electron chi connectivity index (χ3n) is 3.29. The molecule has 0 aliphatic carbocycles. The Labute approximate surface area is 119 Å². The Balaban J connectivity index is 1.96. The second kappa shape index (κ2) is 6.17. The molecule has 1 aliphatic heterocycles. The van der Waals surface area contributed by atoms with E-state index in [-0.39, 0.29) is 10.0 Å². The summed E-state index contributed by atoms with van der Waals surface area (Å²) in [6, 6.07) is 2.94. The summed E-state index contributed by atoms with van der Waals surface area (Å²) in [6.45, 7) is 2.49. The van der Waals surface area contributed by atoms with Crippen LogP contribution in [0.25, 0.3) is 0 Å². The van der Waals surface area contributed by atoms with E-state index in [0.29, 0.717) is 12.5 Å². The van der Waals surface area contributed by atoms with Crippen LogP contribution in [0.5, 0.6) is 0 Å². The van der Waals surface area contributed by atoms with E-state index in [1.807, 2.05) is 0 Å². The summed E-state index contributed by atoms with van der Waals surface area (Å²) in [6.07, 6.45) is 3.45. The number of halogens is 1. The maximum atomic E-state index is 12.1. The Bertz CT molecular complexity index is 518. The molecule has 106 valence electrons. The van der Waals surface area contributed by atoms with Gasteiger partial charge in [-0.2, -0.15) is 0 Å². The second-order valence-electron chi connectivity index (χ2n) is 4.94. The molecule has 1 aromatic heterocycles. The normalized spacial score (nSPS) is 21.5. The van der Waals surface area contributed by atoms with Crippen molar-refractivity contribution in [1.29, 1.82) is 0 Å². The minimum atomic E-state index is -3.48. The van der Waals surface area contributed by atoms with E-state index < -0.39 is 10.0 Å². The predicted molar refractivity (Wildman–Crippen MR) is 74.7 cm³/mol. The average Bonchev–Trinajstić information content (AvgIpc) is 2.37. The third-order valence-corrected chi connectivity index (χ3v) is 4.93. The summed E-state index contributed by atoms with van der Waals surface area (Å²) >= 11 is 5.64. The summed E-state index contributed by atoms with van der Waals surface area (Å²) in [5.74, 6) is 0.369. The van der Waals surface area contributed by atoms with Crippen molar-refractivity contribution >= 4 is 21.6 Å². The van der Waals surface area contributed by atoms with E-state index in [1.165, 1.54) is 18.3 Å². The maximum Gasteiger partial charge on any atom is 0.242 e. The third kappa shape index (κ3) is 4.14. The highest BCUT2D eigenvalue weighted by atomic mass is 35.5. The lowest BCUT2D eigenvalue weighted by Crippen LogP contribution is -2.39. The van der Waals surface area contributed by atoms with Crippen molar-refractivity contribution in [2.45, 2.75) is 17.7 Å². The molecular weight excluding hydrogens is 286 g/mol. The number of hydrogen-bond acceptors (Lipinski definition) is 4. The highest BCUT2D eigenvalue weighted by Gasteiger charge is 2.20. The van der Waals surface area contributed by atoms with Crippen LogP contribution in [0.1, 0.15) is 12.8 Å². The molecule has 2 heterocycles. The quantitative estimate of drug-likeness (QED) is 0.853. The molecule has 0 aromatic carbocycles. The Morgan fingerprint density at radius 1 is 1.53 bits per heavy atom. The van der Waals surface area contributed by atoms with Gasteiger partial charge in [0.1, 0.15) is 10.0 Å². The first kappa shape index (κ1) is 14.7. The standard InChI is InChI=1S/C12H18ClN3O2S/c1-16-6-2-3-10(9-16)7-15-19(17,18)11-4-5-12(13)14-8-11/h4-5,8,10,15H,2-3,6-7,9H2,1H3. The van der Waals surface area contributed by atoms with Crippen LogP contribution in [-0.4, -0.2) is 45.0 Å². The smallest absolute Gasteiger partial charge is 0.242 e. The molecule has 1 saturated heterocycles. The Morgan fingerprint density at radius 2 is 2.32 bits per heavy atom. The van der Waals surface area contributed by atoms with Gasteiger partial charge in [0, 0.05) is 19.3 Å². The Hall–Kier alpha value is -0.690. The van der Waals surface area contributed by atoms with E-state index in [9.17, 15) is 8.42 Å². The zero-order valence-electron chi connectivity index (χ0n) is 10.8. The number of sulfonamides is 1. The number of aromatic nitrogens is 1. The van der Waals surface area contributed by atoms with Crippen molar-refractivity contribution < 1.29 is 8.42 Å². The fraction of sp³-hybridized carbons (Fsp3) is 0.583. The van der Waals surface area contributed by atoms with Crippen LogP contribution >= 0.6 is 11.6 Å². The molecule has 1 unspecified atom stereocenters. The summed E-state index contributed by atoms with van der Waals surface area (Å²) in [5, 5.41) is 0.285. The molecule has 1 aliphatic rings. The van der Waals surface area contributed by atoms with Gasteiger partial charge in [-0.15, -0.1) is 0 Å². The van der Waals surface area contributed by atoms with Gasteiger partial charge >= 0.3 is 0 Å². The molecule has 0 radical (unpaired) electrons. The predicted octanol–water partition coefficient (Wildman–Crippen LogP) is 1.36. The van der Waals surface area contributed by atoms with Gasteiger partial charge in [0.15, 0.2) is 0 Å². The lowest BCUT2D eigenvalue weighted by Gasteiger charge is -2.29. The van der Waals surface area contributed by atoms with E-state index in [4.69, 9.17) is 11.6 Å². The van der Waals surface area contributed by atoms with Crippen molar-refractivity contribution in [2.75, 3.05) is 26.7 Å². The van der Waals surface area contributed by atoms with Crippen LogP contribution in [0.2, 0.25) is 5.15 Å². The van der Waals surface area contributed by atoms with Crippen molar-refractivity contribution in [1.82, 2.24) is 14.6 Å². The van der Waals surface area contributed by atoms with Crippen LogP contribution in [0.3, 0.4) is 0 Å². The van der Waals surface area contributed by atoms with Crippen LogP contribution in [0.15, 0.2) is 23.2 Å². The van der Waals surface area contributed by atoms with Crippen LogP contribution in [0.4, 0.5) is 0 Å². The van der Waals surface area contributed by atoms with Gasteiger partial charge < -0.3 is 4.90 Å². The fourth-order valence-electron chi connectivity index (χ4n) is 2.27. The monoisotopic (exact) mass is 303 g/mol. The Kier molecular flexibility index (Phi) is 4.78. The average molecular weight is 304 g/mol. The van der Waals surface area contributed by atoms with E-state index in [2.05, 4.69) is 21.7 Å². The lowest BCUT2D eigenvalue weighted by atomic mass is 9.99. The summed E-state index contributed by atoms with van der Waals surface area (Å²) < 4.78 is 26.8. The van der Waals surface area contributed by atoms with Crippen LogP contribution in [-0.2, 0) is 10.0 Å². The minimum Gasteiger partial charge on any atom is -0.306 e. The number of hydrogen-bond donors (Lipinski definition) is 1. The van der Waals surface area contributed by atoms with Gasteiger partial charge in [0.2, 0.25) is 10.0 Å². The lowest BCUT2D eigenvalue weighted by molar-refractivity contribution is 0.211. The number of pyridine rings is 1. The summed E-state index contributed by atoms with van der Waals surface area (Å²) in [5.41, 5.74) is 0. The molecule has 2 rings (SSSR count). The number of piperidine rings is 1. The first-order chi connectivity index (χ1) is 8.97. The fourth-order valence-corrected chi connectivity index (χ4v) is 3.44. The van der Waals surface area contributed by atoms with Gasteiger partial charge in [-0.25, -0.2) is 18.1 Å². The first-order valence-electron chi connectivity index (χ1n) is 6.27. The van der Waals surface area contributed by atoms with Crippen molar-refractivity contribution in [3.63, 3.8) is 0 Å². The van der Waals surface area contributed by atoms with Crippen molar-refractivity contribution in [3.8, 4) is 0 Å². The molecule has 19 heavy (non-hydrogen) atoms. The van der Waals surface area contributed by atoms with E-state index in [1.54, 1.807) is 0 Å².